The minimum atomic E-state index is -0.578. The van der Waals surface area contributed by atoms with Crippen molar-refractivity contribution in [1.82, 2.24) is 10.2 Å². The van der Waals surface area contributed by atoms with Crippen molar-refractivity contribution in [2.24, 2.45) is 0 Å². The number of amides is 2. The van der Waals surface area contributed by atoms with E-state index >= 15 is 0 Å². The van der Waals surface area contributed by atoms with Crippen molar-refractivity contribution in [3.63, 3.8) is 0 Å². The largest absolute Gasteiger partial charge is 0.354 e. The summed E-state index contributed by atoms with van der Waals surface area (Å²) in [6.07, 6.45) is 1.48. The summed E-state index contributed by atoms with van der Waals surface area (Å²) in [5.41, 5.74) is 1.49. The van der Waals surface area contributed by atoms with Crippen LogP contribution in [0.5, 0.6) is 0 Å². The topological polar surface area (TPSA) is 49.4 Å². The fourth-order valence-corrected chi connectivity index (χ4v) is 4.21. The average molecular weight is 451 g/mol. The highest BCUT2D eigenvalue weighted by Crippen LogP contribution is 2.24. The Labute approximate surface area is 187 Å². The van der Waals surface area contributed by atoms with Crippen LogP contribution >= 0.6 is 23.4 Å². The van der Waals surface area contributed by atoms with Gasteiger partial charge in [0, 0.05) is 29.4 Å². The molecule has 0 saturated carbocycles. The van der Waals surface area contributed by atoms with Gasteiger partial charge in [-0.15, -0.1) is 11.8 Å². The van der Waals surface area contributed by atoms with E-state index < -0.39 is 6.04 Å². The Hall–Kier alpha value is -2.05. The third-order valence-corrected chi connectivity index (χ3v) is 6.03. The fraction of sp³-hybridized carbons (Fsp3) is 0.391. The van der Waals surface area contributed by atoms with Gasteiger partial charge in [0.15, 0.2) is 0 Å². The number of rotatable bonds is 11. The SMILES string of the molecule is CCCNC(=O)[C@H](C)N(CCc1ccccc1)C(=O)CSCc1c(F)cccc1Cl. The third-order valence-electron chi connectivity index (χ3n) is 4.73. The highest BCUT2D eigenvalue weighted by atomic mass is 35.5. The number of carbonyl (C=O) groups excluding carboxylic acids is 2. The van der Waals surface area contributed by atoms with Crippen LogP contribution in [-0.4, -0.2) is 41.6 Å². The molecule has 0 spiro atoms. The predicted octanol–water partition coefficient (Wildman–Crippen LogP) is 4.70. The lowest BCUT2D eigenvalue weighted by Crippen LogP contribution is -2.49. The van der Waals surface area contributed by atoms with Gasteiger partial charge in [0.25, 0.3) is 0 Å². The summed E-state index contributed by atoms with van der Waals surface area (Å²) in [6.45, 7) is 4.73. The van der Waals surface area contributed by atoms with Crippen LogP contribution in [0.4, 0.5) is 4.39 Å². The Kier molecular flexibility index (Phi) is 10.2. The molecule has 4 nitrogen and oxygen atoms in total. The number of nitrogens with one attached hydrogen (secondary N) is 1. The van der Waals surface area contributed by atoms with Gasteiger partial charge >= 0.3 is 0 Å². The van der Waals surface area contributed by atoms with Crippen LogP contribution in [0, 0.1) is 5.82 Å². The quantitative estimate of drug-likeness (QED) is 0.540. The Morgan fingerprint density at radius 1 is 1.17 bits per heavy atom. The molecule has 0 bridgehead atoms. The zero-order chi connectivity index (χ0) is 21.9. The van der Waals surface area contributed by atoms with Crippen molar-refractivity contribution < 1.29 is 14.0 Å². The number of thioether (sulfide) groups is 1. The Bertz CT molecular complexity index is 815. The van der Waals surface area contributed by atoms with Gasteiger partial charge in [-0.1, -0.05) is 54.9 Å². The monoisotopic (exact) mass is 450 g/mol. The van der Waals surface area contributed by atoms with Crippen molar-refractivity contribution in [2.45, 2.75) is 38.5 Å². The van der Waals surface area contributed by atoms with Gasteiger partial charge in [-0.3, -0.25) is 9.59 Å². The number of hydrogen-bond donors (Lipinski definition) is 1. The van der Waals surface area contributed by atoms with Gasteiger partial charge in [0.2, 0.25) is 11.8 Å². The molecule has 162 valence electrons. The molecule has 1 atom stereocenters. The van der Waals surface area contributed by atoms with Gasteiger partial charge in [0.05, 0.1) is 5.75 Å². The van der Waals surface area contributed by atoms with Crippen LogP contribution in [0.15, 0.2) is 48.5 Å². The molecule has 0 heterocycles. The standard InChI is InChI=1S/C23H28ClFN2O2S/c1-3-13-26-23(29)17(2)27(14-12-18-8-5-4-6-9-18)22(28)16-30-15-19-20(24)10-7-11-21(19)25/h4-11,17H,3,12-16H2,1-2H3,(H,26,29)/t17-/m0/s1. The number of halogens is 2. The second-order valence-electron chi connectivity index (χ2n) is 6.98. The second kappa shape index (κ2) is 12.6. The van der Waals surface area contributed by atoms with Crippen molar-refractivity contribution in [3.8, 4) is 0 Å². The summed E-state index contributed by atoms with van der Waals surface area (Å²) >= 11 is 7.36. The van der Waals surface area contributed by atoms with Crippen LogP contribution in [0.1, 0.15) is 31.4 Å². The average Bonchev–Trinajstić information content (AvgIpc) is 2.74. The molecular weight excluding hydrogens is 423 g/mol. The molecule has 0 fully saturated rings. The summed E-state index contributed by atoms with van der Waals surface area (Å²) in [5.74, 6) is -0.260. The van der Waals surface area contributed by atoms with Crippen LogP contribution < -0.4 is 5.32 Å². The Balaban J connectivity index is 2.02. The third kappa shape index (κ3) is 7.33. The summed E-state index contributed by atoms with van der Waals surface area (Å²) in [7, 11) is 0. The van der Waals surface area contributed by atoms with Crippen molar-refractivity contribution in [2.75, 3.05) is 18.8 Å². The Morgan fingerprint density at radius 2 is 1.90 bits per heavy atom. The minimum Gasteiger partial charge on any atom is -0.354 e. The second-order valence-corrected chi connectivity index (χ2v) is 8.38. The smallest absolute Gasteiger partial charge is 0.242 e. The number of carbonyl (C=O) groups is 2. The Morgan fingerprint density at radius 3 is 2.57 bits per heavy atom. The summed E-state index contributed by atoms with van der Waals surface area (Å²) in [4.78, 5) is 27.0. The van der Waals surface area contributed by atoms with Gasteiger partial charge in [0.1, 0.15) is 11.9 Å². The molecule has 7 heteroatoms. The predicted molar refractivity (Wildman–Crippen MR) is 122 cm³/mol. The first-order valence-corrected chi connectivity index (χ1v) is 11.6. The van der Waals surface area contributed by atoms with Crippen LogP contribution in [0.3, 0.4) is 0 Å². The van der Waals surface area contributed by atoms with Crippen LogP contribution in [0.25, 0.3) is 0 Å². The van der Waals surface area contributed by atoms with E-state index in [0.717, 1.165) is 12.0 Å². The van der Waals surface area contributed by atoms with E-state index in [1.807, 2.05) is 37.3 Å². The first-order valence-electron chi connectivity index (χ1n) is 10.1. The van der Waals surface area contributed by atoms with E-state index in [4.69, 9.17) is 11.6 Å². The molecule has 2 aromatic carbocycles. The van der Waals surface area contributed by atoms with Crippen molar-refractivity contribution in [1.29, 1.82) is 0 Å². The van der Waals surface area contributed by atoms with Gasteiger partial charge in [-0.05, 0) is 37.5 Å². The number of nitrogens with zero attached hydrogens (tertiary/aromatic N) is 1. The lowest BCUT2D eigenvalue weighted by Gasteiger charge is -2.28. The van der Waals surface area contributed by atoms with E-state index in [0.29, 0.717) is 35.8 Å². The molecule has 0 radical (unpaired) electrons. The van der Waals surface area contributed by atoms with Crippen molar-refractivity contribution >= 4 is 35.2 Å². The number of hydrogen-bond acceptors (Lipinski definition) is 3. The van der Waals surface area contributed by atoms with E-state index in [9.17, 15) is 14.0 Å². The zero-order valence-corrected chi connectivity index (χ0v) is 18.9. The van der Waals surface area contributed by atoms with Gasteiger partial charge in [-0.25, -0.2) is 4.39 Å². The first-order chi connectivity index (χ1) is 14.4. The normalized spacial score (nSPS) is 11.7. The first kappa shape index (κ1) is 24.2. The lowest BCUT2D eigenvalue weighted by molar-refractivity contribution is -0.137. The molecule has 30 heavy (non-hydrogen) atoms. The molecule has 0 saturated heterocycles. The zero-order valence-electron chi connectivity index (χ0n) is 17.4. The molecule has 0 aliphatic rings. The van der Waals surface area contributed by atoms with Gasteiger partial charge < -0.3 is 10.2 Å². The highest BCUT2D eigenvalue weighted by Gasteiger charge is 2.25. The molecule has 0 unspecified atom stereocenters. The molecule has 2 amide bonds. The summed E-state index contributed by atoms with van der Waals surface area (Å²) < 4.78 is 13.9. The van der Waals surface area contributed by atoms with Crippen molar-refractivity contribution in [3.05, 3.63) is 70.5 Å². The summed E-state index contributed by atoms with van der Waals surface area (Å²) in [5, 5.41) is 3.21. The van der Waals surface area contributed by atoms with E-state index in [2.05, 4.69) is 5.32 Å². The van der Waals surface area contributed by atoms with E-state index in [-0.39, 0.29) is 23.4 Å². The lowest BCUT2D eigenvalue weighted by atomic mass is 10.1. The maximum absolute atomic E-state index is 13.9. The molecule has 0 aromatic heterocycles. The fourth-order valence-electron chi connectivity index (χ4n) is 2.96. The molecular formula is C23H28ClFN2O2S. The molecule has 1 N–H and O–H groups in total. The maximum Gasteiger partial charge on any atom is 0.242 e. The molecule has 2 aromatic rings. The minimum absolute atomic E-state index is 0.144. The van der Waals surface area contributed by atoms with E-state index in [1.54, 1.807) is 24.0 Å². The maximum atomic E-state index is 13.9. The molecule has 0 aliphatic heterocycles. The van der Waals surface area contributed by atoms with Crippen LogP contribution in [-0.2, 0) is 21.8 Å². The summed E-state index contributed by atoms with van der Waals surface area (Å²) in [6, 6.07) is 13.8. The van der Waals surface area contributed by atoms with Crippen LogP contribution in [0.2, 0.25) is 5.02 Å². The highest BCUT2D eigenvalue weighted by molar-refractivity contribution is 7.99. The van der Waals surface area contributed by atoms with Gasteiger partial charge in [-0.2, -0.15) is 0 Å². The van der Waals surface area contributed by atoms with E-state index in [1.165, 1.54) is 17.8 Å². The molecule has 2 rings (SSSR count). The number of benzene rings is 2. The molecule has 0 aliphatic carbocycles.